The number of nitrogens with zero attached hydrogens (tertiary/aromatic N) is 1. The monoisotopic (exact) mass is 354 g/mol. The molecule has 0 aromatic heterocycles. The van der Waals surface area contributed by atoms with E-state index in [2.05, 4.69) is 6.07 Å². The highest BCUT2D eigenvalue weighted by molar-refractivity contribution is 6.30. The number of nitrogens with two attached hydrogens (primary N) is 1. The molecule has 0 aliphatic carbocycles. The lowest BCUT2D eigenvalue weighted by molar-refractivity contribution is -0.128. The molecule has 130 valence electrons. The number of halogens is 1. The Morgan fingerprint density at radius 1 is 1.24 bits per heavy atom. The Morgan fingerprint density at radius 3 is 2.44 bits per heavy atom. The summed E-state index contributed by atoms with van der Waals surface area (Å²) in [6.45, 7) is 5.80. The molecule has 2 aromatic carbocycles. The highest BCUT2D eigenvalue weighted by Crippen LogP contribution is 2.40. The summed E-state index contributed by atoms with van der Waals surface area (Å²) >= 11 is 5.98. The molecule has 4 heteroatoms. The fourth-order valence-corrected chi connectivity index (χ4v) is 3.15. The van der Waals surface area contributed by atoms with Gasteiger partial charge in [-0.1, -0.05) is 56.6 Å². The SMILES string of the molecule is CC(C(Cc1ccc(Cl)cc1)c1cccc(C#N)c1)C(C)(C)C(N)=O. The van der Waals surface area contributed by atoms with Crippen molar-refractivity contribution in [1.29, 1.82) is 5.26 Å². The van der Waals surface area contributed by atoms with Crippen LogP contribution < -0.4 is 5.73 Å². The van der Waals surface area contributed by atoms with Gasteiger partial charge >= 0.3 is 0 Å². The minimum atomic E-state index is -0.667. The van der Waals surface area contributed by atoms with E-state index in [1.807, 2.05) is 63.2 Å². The van der Waals surface area contributed by atoms with E-state index < -0.39 is 5.41 Å². The summed E-state index contributed by atoms with van der Waals surface area (Å²) in [5.74, 6) is -0.274. The van der Waals surface area contributed by atoms with Gasteiger partial charge in [-0.2, -0.15) is 5.26 Å². The van der Waals surface area contributed by atoms with E-state index in [0.717, 1.165) is 17.5 Å². The Hall–Kier alpha value is -2.31. The van der Waals surface area contributed by atoms with Crippen LogP contribution in [-0.4, -0.2) is 5.91 Å². The van der Waals surface area contributed by atoms with Crippen LogP contribution in [0.4, 0.5) is 0 Å². The zero-order valence-corrected chi connectivity index (χ0v) is 15.5. The van der Waals surface area contributed by atoms with Crippen molar-refractivity contribution >= 4 is 17.5 Å². The molecule has 0 spiro atoms. The molecule has 0 saturated heterocycles. The van der Waals surface area contributed by atoms with Gasteiger partial charge in [-0.3, -0.25) is 4.79 Å². The number of nitriles is 1. The first-order chi connectivity index (χ1) is 11.8. The molecule has 0 radical (unpaired) electrons. The highest BCUT2D eigenvalue weighted by atomic mass is 35.5. The molecule has 0 fully saturated rings. The van der Waals surface area contributed by atoms with Crippen molar-refractivity contribution in [2.45, 2.75) is 33.1 Å². The van der Waals surface area contributed by atoms with Crippen LogP contribution in [0.2, 0.25) is 5.02 Å². The van der Waals surface area contributed by atoms with Crippen molar-refractivity contribution in [3.63, 3.8) is 0 Å². The second kappa shape index (κ2) is 7.72. The summed E-state index contributed by atoms with van der Waals surface area (Å²) in [6, 6.07) is 17.5. The molecule has 1 amide bonds. The van der Waals surface area contributed by atoms with E-state index >= 15 is 0 Å². The molecule has 0 aliphatic rings. The molecule has 0 bridgehead atoms. The van der Waals surface area contributed by atoms with Gasteiger partial charge < -0.3 is 5.73 Å². The number of benzene rings is 2. The maximum atomic E-state index is 12.0. The summed E-state index contributed by atoms with van der Waals surface area (Å²) in [7, 11) is 0. The van der Waals surface area contributed by atoms with E-state index in [1.165, 1.54) is 0 Å². The van der Waals surface area contributed by atoms with E-state index in [1.54, 1.807) is 6.07 Å². The third-order valence-corrected chi connectivity index (χ3v) is 5.44. The Labute approximate surface area is 154 Å². The quantitative estimate of drug-likeness (QED) is 0.817. The van der Waals surface area contributed by atoms with Crippen LogP contribution in [-0.2, 0) is 11.2 Å². The number of amides is 1. The lowest BCUT2D eigenvalue weighted by Crippen LogP contribution is -2.40. The number of rotatable bonds is 6. The fraction of sp³-hybridized carbons (Fsp3) is 0.333. The minimum absolute atomic E-state index is 0.00498. The van der Waals surface area contributed by atoms with Crippen LogP contribution in [0.3, 0.4) is 0 Å². The van der Waals surface area contributed by atoms with Gasteiger partial charge in [0.1, 0.15) is 0 Å². The van der Waals surface area contributed by atoms with Crippen LogP contribution in [0.5, 0.6) is 0 Å². The van der Waals surface area contributed by atoms with Crippen LogP contribution in [0.15, 0.2) is 48.5 Å². The molecule has 2 atom stereocenters. The molecule has 2 aromatic rings. The van der Waals surface area contributed by atoms with E-state index in [-0.39, 0.29) is 17.7 Å². The first-order valence-corrected chi connectivity index (χ1v) is 8.68. The number of carbonyl (C=O) groups is 1. The van der Waals surface area contributed by atoms with Crippen molar-refractivity contribution in [2.75, 3.05) is 0 Å². The third kappa shape index (κ3) is 4.41. The van der Waals surface area contributed by atoms with Gasteiger partial charge in [0, 0.05) is 10.4 Å². The number of primary amides is 1. The second-order valence-electron chi connectivity index (χ2n) is 7.05. The average Bonchev–Trinajstić information content (AvgIpc) is 2.60. The third-order valence-electron chi connectivity index (χ3n) is 5.19. The molecule has 2 unspecified atom stereocenters. The zero-order chi connectivity index (χ0) is 18.6. The van der Waals surface area contributed by atoms with Crippen molar-refractivity contribution in [1.82, 2.24) is 0 Å². The van der Waals surface area contributed by atoms with E-state index in [0.29, 0.717) is 10.6 Å². The summed E-state index contributed by atoms with van der Waals surface area (Å²) < 4.78 is 0. The molecule has 2 rings (SSSR count). The molecular weight excluding hydrogens is 332 g/mol. The number of hydrogen-bond donors (Lipinski definition) is 1. The van der Waals surface area contributed by atoms with Crippen molar-refractivity contribution in [3.8, 4) is 6.07 Å². The molecule has 0 saturated carbocycles. The topological polar surface area (TPSA) is 66.9 Å². The Bertz CT molecular complexity index is 790. The molecule has 25 heavy (non-hydrogen) atoms. The summed E-state index contributed by atoms with van der Waals surface area (Å²) in [5, 5.41) is 9.90. The normalized spacial score (nSPS) is 13.7. The summed E-state index contributed by atoms with van der Waals surface area (Å²) in [6.07, 6.45) is 0.740. The van der Waals surface area contributed by atoms with Crippen LogP contribution in [0, 0.1) is 22.7 Å². The second-order valence-corrected chi connectivity index (χ2v) is 7.49. The van der Waals surface area contributed by atoms with Gasteiger partial charge in [0.05, 0.1) is 11.6 Å². The highest BCUT2D eigenvalue weighted by Gasteiger charge is 2.37. The summed E-state index contributed by atoms with van der Waals surface area (Å²) in [5.41, 5.74) is 7.76. The maximum Gasteiger partial charge on any atom is 0.223 e. The molecular formula is C21H23ClN2O. The maximum absolute atomic E-state index is 12.0. The zero-order valence-electron chi connectivity index (χ0n) is 14.8. The van der Waals surface area contributed by atoms with E-state index in [9.17, 15) is 10.1 Å². The lowest BCUT2D eigenvalue weighted by Gasteiger charge is -2.35. The molecule has 0 heterocycles. The molecule has 3 nitrogen and oxygen atoms in total. The number of hydrogen-bond acceptors (Lipinski definition) is 2. The first kappa shape index (κ1) is 19.0. The Kier molecular flexibility index (Phi) is 5.87. The van der Waals surface area contributed by atoms with Gasteiger partial charge in [0.2, 0.25) is 5.91 Å². The van der Waals surface area contributed by atoms with Crippen molar-refractivity contribution in [2.24, 2.45) is 17.1 Å². The first-order valence-electron chi connectivity index (χ1n) is 8.30. The standard InChI is InChI=1S/C21H23ClN2O/c1-14(21(2,3)20(24)25)19(12-15-7-9-18(22)10-8-15)17-6-4-5-16(11-17)13-23/h4-11,14,19H,12H2,1-3H3,(H2,24,25). The summed E-state index contributed by atoms with van der Waals surface area (Å²) in [4.78, 5) is 12.0. The Balaban J connectivity index is 2.45. The van der Waals surface area contributed by atoms with Crippen LogP contribution >= 0.6 is 11.6 Å². The van der Waals surface area contributed by atoms with Gasteiger partial charge in [0.15, 0.2) is 0 Å². The molecule has 2 N–H and O–H groups in total. The minimum Gasteiger partial charge on any atom is -0.369 e. The van der Waals surface area contributed by atoms with Gasteiger partial charge in [-0.05, 0) is 53.6 Å². The lowest BCUT2D eigenvalue weighted by atomic mass is 9.68. The van der Waals surface area contributed by atoms with Gasteiger partial charge in [0.25, 0.3) is 0 Å². The average molecular weight is 355 g/mol. The largest absolute Gasteiger partial charge is 0.369 e. The predicted octanol–water partition coefficient (Wildman–Crippen LogP) is 4.69. The Morgan fingerprint density at radius 2 is 1.88 bits per heavy atom. The number of carbonyl (C=O) groups excluding carboxylic acids is 1. The van der Waals surface area contributed by atoms with Crippen molar-refractivity contribution in [3.05, 3.63) is 70.2 Å². The van der Waals surface area contributed by atoms with Gasteiger partial charge in [-0.25, -0.2) is 0 Å². The van der Waals surface area contributed by atoms with Gasteiger partial charge in [-0.15, -0.1) is 0 Å². The van der Waals surface area contributed by atoms with Crippen LogP contribution in [0.1, 0.15) is 43.4 Å². The molecule has 0 aliphatic heterocycles. The smallest absolute Gasteiger partial charge is 0.223 e. The van der Waals surface area contributed by atoms with Crippen LogP contribution in [0.25, 0.3) is 0 Å². The predicted molar refractivity (Wildman–Crippen MR) is 101 cm³/mol. The van der Waals surface area contributed by atoms with Crippen molar-refractivity contribution < 1.29 is 4.79 Å². The van der Waals surface area contributed by atoms with E-state index in [4.69, 9.17) is 17.3 Å². The fourth-order valence-electron chi connectivity index (χ4n) is 3.02.